The Morgan fingerprint density at radius 3 is 2.55 bits per heavy atom. The smallest absolute Gasteiger partial charge is 0.346 e. The first-order valence-electron chi connectivity index (χ1n) is 9.34. The van der Waals surface area contributed by atoms with Crippen molar-refractivity contribution in [2.45, 2.75) is 32.2 Å². The van der Waals surface area contributed by atoms with Gasteiger partial charge >= 0.3 is 5.63 Å². The molecule has 4 nitrogen and oxygen atoms in total. The Labute approximate surface area is 164 Å². The van der Waals surface area contributed by atoms with E-state index in [2.05, 4.69) is 5.32 Å². The number of benzene rings is 2. The number of rotatable bonds is 4. The fraction of sp³-hybridized carbons (Fsp3) is 0.273. The molecule has 1 heterocycles. The SMILES string of the molecule is Cc1oc(=O)c2c(F)cc(F)cc2c1C(=O)N[C@H](c1cccc(F)c1)C1CCC1. The van der Waals surface area contributed by atoms with E-state index >= 15 is 0 Å². The van der Waals surface area contributed by atoms with Crippen LogP contribution >= 0.6 is 0 Å². The Balaban J connectivity index is 1.79. The Hall–Kier alpha value is -3.09. The molecule has 0 unspecified atom stereocenters. The third kappa shape index (κ3) is 3.52. The van der Waals surface area contributed by atoms with Gasteiger partial charge in [0.05, 0.1) is 11.6 Å². The number of aryl methyl sites for hydroxylation is 1. The fourth-order valence-electron chi connectivity index (χ4n) is 3.85. The first-order valence-corrected chi connectivity index (χ1v) is 9.34. The third-order valence-electron chi connectivity index (χ3n) is 5.47. The van der Waals surface area contributed by atoms with Gasteiger partial charge in [0, 0.05) is 11.5 Å². The summed E-state index contributed by atoms with van der Waals surface area (Å²) < 4.78 is 46.8. The molecule has 1 aliphatic rings. The predicted molar refractivity (Wildman–Crippen MR) is 101 cm³/mol. The van der Waals surface area contributed by atoms with Gasteiger partial charge in [0.15, 0.2) is 0 Å². The first kappa shape index (κ1) is 19.2. The second-order valence-electron chi connectivity index (χ2n) is 7.33. The Morgan fingerprint density at radius 1 is 1.14 bits per heavy atom. The molecule has 1 aliphatic carbocycles. The van der Waals surface area contributed by atoms with Crippen LogP contribution in [0, 0.1) is 30.3 Å². The molecule has 1 N–H and O–H groups in total. The number of amides is 1. The van der Waals surface area contributed by atoms with Gasteiger partial charge in [-0.2, -0.15) is 0 Å². The molecule has 1 aromatic heterocycles. The number of nitrogens with one attached hydrogen (secondary N) is 1. The molecule has 29 heavy (non-hydrogen) atoms. The third-order valence-corrected chi connectivity index (χ3v) is 5.47. The van der Waals surface area contributed by atoms with E-state index in [1.165, 1.54) is 19.1 Å². The van der Waals surface area contributed by atoms with Crippen LogP contribution in [0.4, 0.5) is 13.2 Å². The average molecular weight is 401 g/mol. The van der Waals surface area contributed by atoms with Gasteiger partial charge < -0.3 is 9.73 Å². The van der Waals surface area contributed by atoms with Crippen LogP contribution < -0.4 is 10.9 Å². The Morgan fingerprint density at radius 2 is 1.90 bits per heavy atom. The number of halogens is 3. The number of hydrogen-bond acceptors (Lipinski definition) is 3. The quantitative estimate of drug-likeness (QED) is 0.684. The van der Waals surface area contributed by atoms with Crippen LogP contribution in [0.3, 0.4) is 0 Å². The number of carbonyl (C=O) groups is 1. The molecule has 1 atom stereocenters. The standard InChI is InChI=1S/C22H18F3NO3/c1-11-18(16-9-15(24)10-17(25)19(16)22(28)29-11)21(27)26-20(12-4-2-5-12)13-6-3-7-14(23)8-13/h3,6-10,12,20H,2,4-5H2,1H3,(H,26,27)/t20-/m0/s1. The van der Waals surface area contributed by atoms with Crippen molar-refractivity contribution in [2.75, 3.05) is 0 Å². The highest BCUT2D eigenvalue weighted by molar-refractivity contribution is 6.07. The summed E-state index contributed by atoms with van der Waals surface area (Å²) in [6.07, 6.45) is 2.74. The van der Waals surface area contributed by atoms with Crippen molar-refractivity contribution in [2.24, 2.45) is 5.92 Å². The summed E-state index contributed by atoms with van der Waals surface area (Å²) in [7, 11) is 0. The molecule has 0 radical (unpaired) electrons. The van der Waals surface area contributed by atoms with Crippen molar-refractivity contribution in [1.82, 2.24) is 5.32 Å². The first-order chi connectivity index (χ1) is 13.8. The monoisotopic (exact) mass is 401 g/mol. The van der Waals surface area contributed by atoms with Crippen LogP contribution in [0.25, 0.3) is 10.8 Å². The van der Waals surface area contributed by atoms with Gasteiger partial charge in [0.25, 0.3) is 5.91 Å². The van der Waals surface area contributed by atoms with Crippen LogP contribution in [-0.4, -0.2) is 5.91 Å². The maximum absolute atomic E-state index is 14.2. The number of fused-ring (bicyclic) bond motifs is 1. The van der Waals surface area contributed by atoms with Gasteiger partial charge in [0.2, 0.25) is 0 Å². The summed E-state index contributed by atoms with van der Waals surface area (Å²) in [5.74, 6) is -2.98. The van der Waals surface area contributed by atoms with Gasteiger partial charge in [0.1, 0.15) is 28.6 Å². The highest BCUT2D eigenvalue weighted by Gasteiger charge is 2.31. The van der Waals surface area contributed by atoms with Crippen LogP contribution in [0.15, 0.2) is 45.6 Å². The average Bonchev–Trinajstić information content (AvgIpc) is 2.58. The molecule has 150 valence electrons. The van der Waals surface area contributed by atoms with E-state index in [9.17, 15) is 22.8 Å². The van der Waals surface area contributed by atoms with Gasteiger partial charge in [-0.15, -0.1) is 0 Å². The lowest BCUT2D eigenvalue weighted by molar-refractivity contribution is 0.0899. The summed E-state index contributed by atoms with van der Waals surface area (Å²) in [6, 6.07) is 7.01. The summed E-state index contributed by atoms with van der Waals surface area (Å²) in [5.41, 5.74) is -0.481. The highest BCUT2D eigenvalue weighted by atomic mass is 19.1. The molecule has 2 aromatic carbocycles. The second kappa shape index (κ2) is 7.39. The minimum atomic E-state index is -1.09. The molecule has 1 fully saturated rings. The van der Waals surface area contributed by atoms with E-state index in [0.29, 0.717) is 11.6 Å². The van der Waals surface area contributed by atoms with Crippen molar-refractivity contribution < 1.29 is 22.4 Å². The highest BCUT2D eigenvalue weighted by Crippen LogP contribution is 2.38. The minimum Gasteiger partial charge on any atom is -0.427 e. The van der Waals surface area contributed by atoms with Crippen molar-refractivity contribution in [3.8, 4) is 0 Å². The van der Waals surface area contributed by atoms with E-state index in [-0.39, 0.29) is 22.6 Å². The lowest BCUT2D eigenvalue weighted by atomic mass is 9.77. The zero-order valence-electron chi connectivity index (χ0n) is 15.6. The zero-order chi connectivity index (χ0) is 20.7. The van der Waals surface area contributed by atoms with Gasteiger partial charge in [-0.3, -0.25) is 4.79 Å². The molecule has 0 spiro atoms. The van der Waals surface area contributed by atoms with Crippen molar-refractivity contribution in [1.29, 1.82) is 0 Å². The molecule has 1 amide bonds. The topological polar surface area (TPSA) is 59.3 Å². The van der Waals surface area contributed by atoms with Crippen molar-refractivity contribution in [3.63, 3.8) is 0 Å². The fourth-order valence-corrected chi connectivity index (χ4v) is 3.85. The molecule has 0 aliphatic heterocycles. The predicted octanol–water partition coefficient (Wildman–Crippen LogP) is 4.79. The summed E-state index contributed by atoms with van der Waals surface area (Å²) in [6.45, 7) is 1.39. The molecule has 4 rings (SSSR count). The molecule has 1 saturated carbocycles. The molecule has 7 heteroatoms. The van der Waals surface area contributed by atoms with Crippen LogP contribution in [-0.2, 0) is 0 Å². The van der Waals surface area contributed by atoms with Crippen molar-refractivity contribution in [3.05, 3.63) is 81.2 Å². The van der Waals surface area contributed by atoms with Crippen LogP contribution in [0.5, 0.6) is 0 Å². The Bertz CT molecular complexity index is 1170. The van der Waals surface area contributed by atoms with Gasteiger partial charge in [-0.1, -0.05) is 18.6 Å². The number of hydrogen-bond donors (Lipinski definition) is 1. The van der Waals surface area contributed by atoms with E-state index in [4.69, 9.17) is 4.42 Å². The van der Waals surface area contributed by atoms with Gasteiger partial charge in [-0.05, 0) is 49.4 Å². The van der Waals surface area contributed by atoms with Crippen LogP contribution in [0.2, 0.25) is 0 Å². The van der Waals surface area contributed by atoms with Crippen molar-refractivity contribution >= 4 is 16.7 Å². The lowest BCUT2D eigenvalue weighted by Gasteiger charge is -2.34. The molecule has 0 saturated heterocycles. The number of carbonyl (C=O) groups excluding carboxylic acids is 1. The molecule has 3 aromatic rings. The summed E-state index contributed by atoms with van der Waals surface area (Å²) in [4.78, 5) is 25.2. The van der Waals surface area contributed by atoms with E-state index in [1.54, 1.807) is 12.1 Å². The minimum absolute atomic E-state index is 0.0448. The van der Waals surface area contributed by atoms with E-state index in [1.807, 2.05) is 0 Å². The van der Waals surface area contributed by atoms with Crippen LogP contribution in [0.1, 0.15) is 47.0 Å². The lowest BCUT2D eigenvalue weighted by Crippen LogP contribution is -2.37. The molecular formula is C22H18F3NO3. The molecular weight excluding hydrogens is 383 g/mol. The largest absolute Gasteiger partial charge is 0.427 e. The van der Waals surface area contributed by atoms with E-state index in [0.717, 1.165) is 25.3 Å². The maximum atomic E-state index is 14.2. The summed E-state index contributed by atoms with van der Waals surface area (Å²) in [5, 5.41) is 2.23. The zero-order valence-corrected chi connectivity index (χ0v) is 15.6. The summed E-state index contributed by atoms with van der Waals surface area (Å²) >= 11 is 0. The normalized spacial score (nSPS) is 15.2. The van der Waals surface area contributed by atoms with E-state index < -0.39 is 40.4 Å². The molecule has 0 bridgehead atoms. The maximum Gasteiger partial charge on any atom is 0.346 e. The second-order valence-corrected chi connectivity index (χ2v) is 7.33. The Kier molecular flexibility index (Phi) is 4.90. The van der Waals surface area contributed by atoms with Gasteiger partial charge in [-0.25, -0.2) is 18.0 Å².